The number of nitrogens with zero attached hydrogens (tertiary/aromatic N) is 5. The highest BCUT2D eigenvalue weighted by Gasteiger charge is 2.40. The van der Waals surface area contributed by atoms with Gasteiger partial charge in [0.2, 0.25) is 17.6 Å². The van der Waals surface area contributed by atoms with Crippen LogP contribution in [-0.4, -0.2) is 84.2 Å². The summed E-state index contributed by atoms with van der Waals surface area (Å²) < 4.78 is 25.9. The number of carbonyl (C=O) groups is 3. The molecule has 3 atom stereocenters. The maximum Gasteiger partial charge on any atom is 0.246 e. The Morgan fingerprint density at radius 3 is 2.00 bits per heavy atom. The number of rotatable bonds is 21. The van der Waals surface area contributed by atoms with Crippen molar-refractivity contribution in [2.45, 2.75) is 90.4 Å². The monoisotopic (exact) mass is 987 g/mol. The SMILES string of the molecule is CNC(C)C(=O)NC(C(=O)N1CCCC1c1nc(C(=O)c2cccc(OCCOc3ccc(OCCOc4ccc(Cn5c(C)c(C#N)c(-c6ccc(C#N)cc6)c5C)cc4)cc3)c2)cs1)C1CCCCC1. The van der Waals surface area contributed by atoms with E-state index >= 15 is 0 Å². The van der Waals surface area contributed by atoms with Gasteiger partial charge in [-0.1, -0.05) is 55.7 Å². The van der Waals surface area contributed by atoms with Crippen LogP contribution in [0, 0.1) is 42.4 Å². The summed E-state index contributed by atoms with van der Waals surface area (Å²) in [5.74, 6) is 2.22. The number of benzene rings is 4. The summed E-state index contributed by atoms with van der Waals surface area (Å²) >= 11 is 1.39. The quantitative estimate of drug-likeness (QED) is 0.0518. The maximum atomic E-state index is 14.2. The minimum Gasteiger partial charge on any atom is -0.490 e. The molecule has 3 heterocycles. The van der Waals surface area contributed by atoms with Gasteiger partial charge in [0.15, 0.2) is 0 Å². The van der Waals surface area contributed by atoms with Crippen LogP contribution in [0.25, 0.3) is 11.1 Å². The fraction of sp³-hybridized carbons (Fsp3) is 0.368. The molecule has 4 aromatic carbocycles. The summed E-state index contributed by atoms with van der Waals surface area (Å²) in [5.41, 5.74) is 6.74. The number of nitrogens with one attached hydrogen (secondary N) is 2. The Bertz CT molecular complexity index is 2910. The molecular weight excluding hydrogens is 927 g/mol. The van der Waals surface area contributed by atoms with Crippen LogP contribution in [0.4, 0.5) is 0 Å². The van der Waals surface area contributed by atoms with E-state index in [4.69, 9.17) is 23.9 Å². The summed E-state index contributed by atoms with van der Waals surface area (Å²) in [6, 6.07) is 32.9. The number of carbonyl (C=O) groups excluding carboxylic acids is 3. The van der Waals surface area contributed by atoms with Crippen molar-refractivity contribution in [2.75, 3.05) is 40.0 Å². The Hall–Kier alpha value is -7.46. The number of ether oxygens (including phenoxy) is 4. The fourth-order valence-electron chi connectivity index (χ4n) is 9.61. The Kier molecular flexibility index (Phi) is 17.0. The third-order valence-electron chi connectivity index (χ3n) is 13.7. The summed E-state index contributed by atoms with van der Waals surface area (Å²) in [7, 11) is 1.74. The molecule has 0 radical (unpaired) electrons. The lowest BCUT2D eigenvalue weighted by Crippen LogP contribution is -2.55. The molecule has 1 saturated carbocycles. The van der Waals surface area contributed by atoms with Gasteiger partial charge in [-0.15, -0.1) is 11.3 Å². The molecule has 15 heteroatoms. The van der Waals surface area contributed by atoms with Gasteiger partial charge in [0.1, 0.15) is 72.2 Å². The van der Waals surface area contributed by atoms with E-state index in [1.165, 1.54) is 11.3 Å². The topological polar surface area (TPSA) is 181 Å². The molecule has 72 heavy (non-hydrogen) atoms. The van der Waals surface area contributed by atoms with Crippen molar-refractivity contribution in [1.82, 2.24) is 25.1 Å². The van der Waals surface area contributed by atoms with E-state index in [1.807, 2.05) is 79.4 Å². The molecule has 14 nitrogen and oxygen atoms in total. The largest absolute Gasteiger partial charge is 0.490 e. The smallest absolute Gasteiger partial charge is 0.246 e. The maximum absolute atomic E-state index is 14.2. The zero-order valence-electron chi connectivity index (χ0n) is 41.3. The van der Waals surface area contributed by atoms with Crippen LogP contribution in [0.3, 0.4) is 0 Å². The van der Waals surface area contributed by atoms with Gasteiger partial charge in [-0.25, -0.2) is 4.98 Å². The summed E-state index contributed by atoms with van der Waals surface area (Å²) in [5, 5.41) is 27.8. The van der Waals surface area contributed by atoms with Crippen molar-refractivity contribution >= 4 is 28.9 Å². The van der Waals surface area contributed by atoms with Crippen LogP contribution < -0.4 is 29.6 Å². The lowest BCUT2D eigenvalue weighted by Gasteiger charge is -2.35. The molecule has 2 amide bonds. The number of likely N-dealkylation sites (N-methyl/N-ethyl adjacent to an activating group) is 1. The number of nitriles is 2. The summed E-state index contributed by atoms with van der Waals surface area (Å²) in [4.78, 5) is 47.6. The van der Waals surface area contributed by atoms with Crippen molar-refractivity contribution in [1.29, 1.82) is 10.5 Å². The predicted molar refractivity (Wildman–Crippen MR) is 275 cm³/mol. The van der Waals surface area contributed by atoms with Crippen LogP contribution in [0.1, 0.15) is 107 Å². The third kappa shape index (κ3) is 12.2. The van der Waals surface area contributed by atoms with Gasteiger partial charge in [-0.2, -0.15) is 10.5 Å². The van der Waals surface area contributed by atoms with Crippen molar-refractivity contribution in [3.63, 3.8) is 0 Å². The van der Waals surface area contributed by atoms with E-state index in [1.54, 1.807) is 55.7 Å². The first-order chi connectivity index (χ1) is 35.0. The van der Waals surface area contributed by atoms with Gasteiger partial charge >= 0.3 is 0 Å². The first kappa shape index (κ1) is 50.9. The van der Waals surface area contributed by atoms with E-state index < -0.39 is 12.1 Å². The van der Waals surface area contributed by atoms with E-state index in [2.05, 4.69) is 27.3 Å². The molecule has 3 unspecified atom stereocenters. The number of likely N-dealkylation sites (tertiary alicyclic amines) is 1. The highest BCUT2D eigenvalue weighted by Crippen LogP contribution is 2.37. The van der Waals surface area contributed by atoms with Crippen molar-refractivity contribution in [2.24, 2.45) is 5.92 Å². The van der Waals surface area contributed by atoms with Gasteiger partial charge in [-0.3, -0.25) is 14.4 Å². The number of amides is 2. The number of thiazole rings is 1. The predicted octanol–water partition coefficient (Wildman–Crippen LogP) is 9.50. The number of ketones is 1. The molecule has 1 saturated heterocycles. The number of aromatic nitrogens is 2. The second-order valence-corrected chi connectivity index (χ2v) is 19.2. The molecule has 6 aromatic rings. The molecule has 0 spiro atoms. The number of hydrogen-bond acceptors (Lipinski definition) is 12. The Morgan fingerprint density at radius 1 is 0.764 bits per heavy atom. The van der Waals surface area contributed by atoms with Crippen molar-refractivity contribution < 1.29 is 33.3 Å². The molecule has 0 bridgehead atoms. The van der Waals surface area contributed by atoms with Gasteiger partial charge in [0, 0.05) is 41.0 Å². The molecular formula is C57H61N7O7S. The summed E-state index contributed by atoms with van der Waals surface area (Å²) in [6.45, 7) is 8.19. The highest BCUT2D eigenvalue weighted by atomic mass is 32.1. The second-order valence-electron chi connectivity index (χ2n) is 18.3. The van der Waals surface area contributed by atoms with Crippen molar-refractivity contribution in [3.8, 4) is 46.3 Å². The molecule has 2 fully saturated rings. The average molecular weight is 988 g/mol. The Morgan fingerprint density at radius 2 is 1.39 bits per heavy atom. The van der Waals surface area contributed by atoms with Crippen LogP contribution in [0.15, 0.2) is 102 Å². The van der Waals surface area contributed by atoms with Gasteiger partial charge in [0.05, 0.1) is 29.3 Å². The first-order valence-electron chi connectivity index (χ1n) is 24.7. The molecule has 2 N–H and O–H groups in total. The van der Waals surface area contributed by atoms with Crippen LogP contribution in [0.5, 0.6) is 23.0 Å². The fourth-order valence-corrected chi connectivity index (χ4v) is 10.6. The van der Waals surface area contributed by atoms with E-state index in [-0.39, 0.29) is 42.8 Å². The Labute approximate surface area is 425 Å². The Balaban J connectivity index is 0.763. The zero-order chi connectivity index (χ0) is 50.6. The van der Waals surface area contributed by atoms with Gasteiger partial charge < -0.3 is 39.0 Å². The standard InChI is InChI=1S/C57H61N7O7S/c1-37(60-4)55(66)62-53(43-10-6-5-7-11-43)57(67)63-27-9-14-51(63)56-61-50(36-72-56)54(65)44-12-8-13-48(32-44)71-31-30-70-47-25-23-46(24-26-47)69-29-28-68-45-21-17-41(18-22-45)35-64-38(2)49(34-59)52(39(64)3)42-19-15-40(33-58)16-20-42/h8,12-13,15-26,32,36-37,43,51,53,60H,5-7,9-11,14,27-31,35H2,1-4H3,(H,62,66). The highest BCUT2D eigenvalue weighted by molar-refractivity contribution is 7.10. The zero-order valence-corrected chi connectivity index (χ0v) is 42.1. The molecule has 2 aromatic heterocycles. The van der Waals surface area contributed by atoms with Gasteiger partial charge in [0.25, 0.3) is 0 Å². The van der Waals surface area contributed by atoms with Crippen LogP contribution >= 0.6 is 11.3 Å². The molecule has 2 aliphatic rings. The van der Waals surface area contributed by atoms with E-state index in [9.17, 15) is 24.9 Å². The molecule has 1 aliphatic carbocycles. The molecule has 1 aliphatic heterocycles. The minimum atomic E-state index is -0.586. The summed E-state index contributed by atoms with van der Waals surface area (Å²) in [6.07, 6.45) is 6.64. The lowest BCUT2D eigenvalue weighted by molar-refractivity contribution is -0.139. The van der Waals surface area contributed by atoms with Crippen LogP contribution in [0.2, 0.25) is 0 Å². The van der Waals surface area contributed by atoms with Crippen LogP contribution in [-0.2, 0) is 16.1 Å². The van der Waals surface area contributed by atoms with E-state index in [0.717, 1.165) is 83.8 Å². The van der Waals surface area contributed by atoms with Crippen molar-refractivity contribution in [3.05, 3.63) is 147 Å². The third-order valence-corrected chi connectivity index (χ3v) is 14.7. The minimum absolute atomic E-state index is 0.0621. The normalized spacial score (nSPS) is 15.5. The molecule has 372 valence electrons. The van der Waals surface area contributed by atoms with Gasteiger partial charge in [-0.05, 0) is 131 Å². The molecule has 8 rings (SSSR count). The average Bonchev–Trinajstić information content (AvgIpc) is 4.17. The first-order valence-corrected chi connectivity index (χ1v) is 25.6. The second kappa shape index (κ2) is 24.1. The van der Waals surface area contributed by atoms with E-state index in [0.29, 0.717) is 65.9 Å². The number of hydrogen-bond donors (Lipinski definition) is 2. The lowest BCUT2D eigenvalue weighted by atomic mass is 9.83.